The van der Waals surface area contributed by atoms with Crippen LogP contribution in [0.5, 0.6) is 0 Å². The first-order valence-corrected chi connectivity index (χ1v) is 8.30. The van der Waals surface area contributed by atoms with Crippen LogP contribution in [0.4, 0.5) is 22.0 Å². The quantitative estimate of drug-likeness (QED) is 0.223. The molecule has 1 rings (SSSR count). The Morgan fingerprint density at radius 2 is 1.42 bits per heavy atom. The van der Waals surface area contributed by atoms with E-state index in [1.54, 1.807) is 0 Å². The molecule has 1 aromatic carbocycles. The molecule has 0 amide bonds. The second-order valence-electron chi connectivity index (χ2n) is 5.67. The highest BCUT2D eigenvalue weighted by atomic mass is 32.2. The molecule has 0 saturated heterocycles. The van der Waals surface area contributed by atoms with Crippen LogP contribution in [0.2, 0.25) is 0 Å². The molecule has 24 heavy (non-hydrogen) atoms. The number of aliphatic hydroxyl groups is 1. The van der Waals surface area contributed by atoms with Crippen LogP contribution in [0.3, 0.4) is 0 Å². The topological polar surface area (TPSA) is 86.6 Å². The van der Waals surface area contributed by atoms with Crippen molar-refractivity contribution in [1.29, 1.82) is 0 Å². The first kappa shape index (κ1) is 20.7. The fraction of sp³-hybridized carbons (Fsp3) is 0.538. The van der Waals surface area contributed by atoms with E-state index in [4.69, 9.17) is 4.55 Å². The van der Waals surface area contributed by atoms with Crippen molar-refractivity contribution < 1.29 is 40.0 Å². The van der Waals surface area contributed by atoms with Gasteiger partial charge in [0.15, 0.2) is 23.3 Å². The van der Waals surface area contributed by atoms with Gasteiger partial charge in [-0.05, 0) is 26.8 Å². The zero-order valence-electron chi connectivity index (χ0n) is 12.7. The maximum absolute atomic E-state index is 13.7. The Balaban J connectivity index is 3.02. The van der Waals surface area contributed by atoms with Crippen molar-refractivity contribution >= 4 is 10.1 Å². The van der Waals surface area contributed by atoms with E-state index in [0.29, 0.717) is 0 Å². The van der Waals surface area contributed by atoms with E-state index in [1.165, 1.54) is 13.8 Å². The summed E-state index contributed by atoms with van der Waals surface area (Å²) in [6, 6.07) is 0. The van der Waals surface area contributed by atoms with Crippen LogP contribution in [0.15, 0.2) is 0 Å². The molecule has 1 atom stereocenters. The van der Waals surface area contributed by atoms with Crippen LogP contribution in [0.25, 0.3) is 0 Å². The highest BCUT2D eigenvalue weighted by Crippen LogP contribution is 2.33. The minimum atomic E-state index is -4.21. The SMILES string of the molecule is CC(C)(NCCCS(=O)(=O)O)C(O)c1c(F)c(F)c(F)c(F)c1F. The predicted octanol–water partition coefficient (Wildman–Crippen LogP) is 2.06. The maximum atomic E-state index is 13.7. The van der Waals surface area contributed by atoms with Gasteiger partial charge < -0.3 is 10.4 Å². The molecule has 0 aliphatic heterocycles. The first-order chi connectivity index (χ1) is 10.8. The van der Waals surface area contributed by atoms with Gasteiger partial charge in [-0.2, -0.15) is 8.42 Å². The highest BCUT2D eigenvalue weighted by molar-refractivity contribution is 7.85. The third-order valence-electron chi connectivity index (χ3n) is 3.36. The Morgan fingerprint density at radius 3 is 1.83 bits per heavy atom. The largest absolute Gasteiger partial charge is 0.386 e. The van der Waals surface area contributed by atoms with Crippen molar-refractivity contribution in [1.82, 2.24) is 5.32 Å². The summed E-state index contributed by atoms with van der Waals surface area (Å²) in [5.41, 5.74) is -2.95. The Bertz CT molecular complexity index is 695. The average Bonchev–Trinajstić information content (AvgIpc) is 2.46. The van der Waals surface area contributed by atoms with Crippen LogP contribution in [0.1, 0.15) is 31.9 Å². The van der Waals surface area contributed by atoms with E-state index in [1.807, 2.05) is 0 Å². The Hall–Kier alpha value is -1.30. The van der Waals surface area contributed by atoms with E-state index in [0.717, 1.165) is 0 Å². The Morgan fingerprint density at radius 1 is 1.00 bits per heavy atom. The van der Waals surface area contributed by atoms with Crippen molar-refractivity contribution in [3.8, 4) is 0 Å². The molecule has 0 heterocycles. The standard InChI is InChI=1S/C13H16F5NO4S/c1-13(2,19-4-3-5-24(21,22)23)12(20)6-7(14)9(16)11(18)10(17)8(6)15/h12,19-20H,3-5H2,1-2H3,(H,21,22,23). The van der Waals surface area contributed by atoms with Crippen molar-refractivity contribution in [2.45, 2.75) is 31.9 Å². The summed E-state index contributed by atoms with van der Waals surface area (Å²) in [7, 11) is -4.21. The zero-order valence-corrected chi connectivity index (χ0v) is 13.5. The lowest BCUT2D eigenvalue weighted by atomic mass is 9.90. The maximum Gasteiger partial charge on any atom is 0.264 e. The third kappa shape index (κ3) is 4.62. The zero-order chi connectivity index (χ0) is 18.9. The van der Waals surface area contributed by atoms with Crippen LogP contribution < -0.4 is 5.32 Å². The van der Waals surface area contributed by atoms with E-state index in [2.05, 4.69) is 5.32 Å². The number of hydrogen-bond acceptors (Lipinski definition) is 4. The molecular formula is C13H16F5NO4S. The molecule has 0 aliphatic rings. The summed E-state index contributed by atoms with van der Waals surface area (Å²) < 4.78 is 96.5. The van der Waals surface area contributed by atoms with Crippen LogP contribution in [0, 0.1) is 29.1 Å². The lowest BCUT2D eigenvalue weighted by molar-refractivity contribution is 0.0717. The predicted molar refractivity (Wildman–Crippen MR) is 74.3 cm³/mol. The Labute approximate surface area is 135 Å². The minimum Gasteiger partial charge on any atom is -0.386 e. The van der Waals surface area contributed by atoms with Gasteiger partial charge in [0.05, 0.1) is 11.3 Å². The second-order valence-corrected chi connectivity index (χ2v) is 7.25. The van der Waals surface area contributed by atoms with Gasteiger partial charge in [0.2, 0.25) is 5.82 Å². The normalized spacial score (nSPS) is 14.0. The van der Waals surface area contributed by atoms with E-state index >= 15 is 0 Å². The molecule has 0 bridgehead atoms. The molecule has 0 saturated carbocycles. The van der Waals surface area contributed by atoms with E-state index in [-0.39, 0.29) is 13.0 Å². The number of halogens is 5. The molecule has 0 fully saturated rings. The summed E-state index contributed by atoms with van der Waals surface area (Å²) in [6.45, 7) is 2.34. The summed E-state index contributed by atoms with van der Waals surface area (Å²) in [5, 5.41) is 12.6. The molecule has 3 N–H and O–H groups in total. The summed E-state index contributed by atoms with van der Waals surface area (Å²) in [4.78, 5) is 0. The molecule has 11 heteroatoms. The lowest BCUT2D eigenvalue weighted by Gasteiger charge is -2.32. The molecule has 5 nitrogen and oxygen atoms in total. The van der Waals surface area contributed by atoms with Gasteiger partial charge in [-0.1, -0.05) is 0 Å². The van der Waals surface area contributed by atoms with Crippen LogP contribution >= 0.6 is 0 Å². The van der Waals surface area contributed by atoms with Crippen LogP contribution in [-0.4, -0.2) is 35.9 Å². The second kappa shape index (κ2) is 7.30. The van der Waals surface area contributed by atoms with Gasteiger partial charge in [-0.3, -0.25) is 4.55 Å². The van der Waals surface area contributed by atoms with Gasteiger partial charge in [0, 0.05) is 5.54 Å². The lowest BCUT2D eigenvalue weighted by Crippen LogP contribution is -2.46. The number of aliphatic hydroxyl groups excluding tert-OH is 1. The number of benzene rings is 1. The molecule has 0 aliphatic carbocycles. The molecule has 1 unspecified atom stereocenters. The molecule has 0 radical (unpaired) electrons. The molecule has 0 aromatic heterocycles. The fourth-order valence-electron chi connectivity index (χ4n) is 1.98. The van der Waals surface area contributed by atoms with Crippen LogP contribution in [-0.2, 0) is 10.1 Å². The average molecular weight is 377 g/mol. The first-order valence-electron chi connectivity index (χ1n) is 6.69. The number of rotatable bonds is 7. The third-order valence-corrected chi connectivity index (χ3v) is 4.17. The van der Waals surface area contributed by atoms with Gasteiger partial charge >= 0.3 is 0 Å². The monoisotopic (exact) mass is 377 g/mol. The number of hydrogen-bond donors (Lipinski definition) is 3. The van der Waals surface area contributed by atoms with Gasteiger partial charge in [0.25, 0.3) is 10.1 Å². The molecule has 0 spiro atoms. The van der Waals surface area contributed by atoms with Gasteiger partial charge in [0.1, 0.15) is 6.10 Å². The van der Waals surface area contributed by atoms with E-state index < -0.39 is 62.2 Å². The number of nitrogens with one attached hydrogen (secondary N) is 1. The van der Waals surface area contributed by atoms with Crippen molar-refractivity contribution in [3.63, 3.8) is 0 Å². The van der Waals surface area contributed by atoms with Gasteiger partial charge in [-0.15, -0.1) is 0 Å². The summed E-state index contributed by atoms with van der Waals surface area (Å²) in [6.07, 6.45) is -2.22. The fourth-order valence-corrected chi connectivity index (χ4v) is 2.49. The summed E-state index contributed by atoms with van der Waals surface area (Å²) in [5.74, 6) is -11.6. The van der Waals surface area contributed by atoms with Gasteiger partial charge in [-0.25, -0.2) is 22.0 Å². The van der Waals surface area contributed by atoms with Crippen molar-refractivity contribution in [2.24, 2.45) is 0 Å². The van der Waals surface area contributed by atoms with E-state index in [9.17, 15) is 35.5 Å². The molecule has 1 aromatic rings. The minimum absolute atomic E-state index is 0.105. The molecule has 138 valence electrons. The Kier molecular flexibility index (Phi) is 6.31. The molecular weight excluding hydrogens is 361 g/mol. The summed E-state index contributed by atoms with van der Waals surface area (Å²) >= 11 is 0. The van der Waals surface area contributed by atoms with Crippen molar-refractivity contribution in [3.05, 3.63) is 34.6 Å². The van der Waals surface area contributed by atoms with Crippen molar-refractivity contribution in [2.75, 3.05) is 12.3 Å². The smallest absolute Gasteiger partial charge is 0.264 e. The highest BCUT2D eigenvalue weighted by Gasteiger charge is 2.37.